The summed E-state index contributed by atoms with van der Waals surface area (Å²) >= 11 is 3.45. The second kappa shape index (κ2) is 12.1. The fourth-order valence-electron chi connectivity index (χ4n) is 4.43. The zero-order chi connectivity index (χ0) is 26.4. The number of methoxy groups -OCH3 is 3. The fourth-order valence-corrected chi connectivity index (χ4v) is 4.70. The van der Waals surface area contributed by atoms with Gasteiger partial charge in [-0.2, -0.15) is 4.98 Å². The van der Waals surface area contributed by atoms with Crippen LogP contribution in [0.3, 0.4) is 0 Å². The molecule has 0 aliphatic carbocycles. The van der Waals surface area contributed by atoms with E-state index in [1.807, 2.05) is 37.3 Å². The maximum Gasteiger partial charge on any atom is 0.229 e. The van der Waals surface area contributed by atoms with E-state index in [0.29, 0.717) is 35.4 Å². The molecule has 37 heavy (non-hydrogen) atoms. The van der Waals surface area contributed by atoms with Crippen molar-refractivity contribution in [2.24, 2.45) is 5.92 Å². The SMILES string of the molecule is COc1cc(Nc2nccc(N3CCCC(C(=O)NC(C)c4ccc(Br)cc4)C3)n2)cc(OC)c1OC. The molecule has 3 aromatic rings. The van der Waals surface area contributed by atoms with Gasteiger partial charge in [-0.3, -0.25) is 4.79 Å². The van der Waals surface area contributed by atoms with Gasteiger partial charge in [0.25, 0.3) is 0 Å². The van der Waals surface area contributed by atoms with E-state index in [1.54, 1.807) is 39.7 Å². The summed E-state index contributed by atoms with van der Waals surface area (Å²) in [7, 11) is 4.70. The van der Waals surface area contributed by atoms with Crippen molar-refractivity contribution in [3.63, 3.8) is 0 Å². The number of piperidine rings is 1. The quantitative estimate of drug-likeness (QED) is 0.367. The summed E-state index contributed by atoms with van der Waals surface area (Å²) in [6, 6.07) is 13.4. The highest BCUT2D eigenvalue weighted by Crippen LogP contribution is 2.40. The first-order chi connectivity index (χ1) is 17.9. The topological polar surface area (TPSA) is 97.8 Å². The Morgan fingerprint density at radius 2 is 1.78 bits per heavy atom. The molecule has 2 heterocycles. The number of benzene rings is 2. The van der Waals surface area contributed by atoms with Gasteiger partial charge in [-0.15, -0.1) is 0 Å². The number of carbonyl (C=O) groups is 1. The van der Waals surface area contributed by atoms with Crippen LogP contribution in [-0.4, -0.2) is 50.3 Å². The highest BCUT2D eigenvalue weighted by Gasteiger charge is 2.28. The van der Waals surface area contributed by atoms with E-state index >= 15 is 0 Å². The molecule has 0 spiro atoms. The molecule has 1 aromatic heterocycles. The Kier molecular flexibility index (Phi) is 8.70. The molecule has 1 fully saturated rings. The van der Waals surface area contributed by atoms with Gasteiger partial charge in [-0.1, -0.05) is 28.1 Å². The van der Waals surface area contributed by atoms with E-state index in [9.17, 15) is 4.79 Å². The first-order valence-corrected chi connectivity index (χ1v) is 12.9. The number of rotatable bonds is 9. The van der Waals surface area contributed by atoms with E-state index in [-0.39, 0.29) is 17.9 Å². The van der Waals surface area contributed by atoms with Gasteiger partial charge >= 0.3 is 0 Å². The van der Waals surface area contributed by atoms with Crippen LogP contribution < -0.4 is 29.7 Å². The predicted molar refractivity (Wildman–Crippen MR) is 147 cm³/mol. The average Bonchev–Trinajstić information content (AvgIpc) is 2.93. The maximum atomic E-state index is 13.1. The lowest BCUT2D eigenvalue weighted by Crippen LogP contribution is -2.44. The number of aromatic nitrogens is 2. The number of halogens is 1. The highest BCUT2D eigenvalue weighted by atomic mass is 79.9. The summed E-state index contributed by atoms with van der Waals surface area (Å²) in [6.45, 7) is 3.43. The van der Waals surface area contributed by atoms with Gasteiger partial charge in [-0.05, 0) is 43.5 Å². The molecule has 9 nitrogen and oxygen atoms in total. The summed E-state index contributed by atoms with van der Waals surface area (Å²) in [5.41, 5.74) is 1.77. The van der Waals surface area contributed by atoms with Crippen molar-refractivity contribution in [3.05, 3.63) is 58.7 Å². The molecule has 0 saturated carbocycles. The van der Waals surface area contributed by atoms with Crippen molar-refractivity contribution < 1.29 is 19.0 Å². The van der Waals surface area contributed by atoms with Gasteiger partial charge in [0.2, 0.25) is 17.6 Å². The number of nitrogens with zero attached hydrogens (tertiary/aromatic N) is 3. The van der Waals surface area contributed by atoms with Gasteiger partial charge in [0.15, 0.2) is 11.5 Å². The molecule has 196 valence electrons. The van der Waals surface area contributed by atoms with Crippen molar-refractivity contribution in [2.45, 2.75) is 25.8 Å². The van der Waals surface area contributed by atoms with Crippen LogP contribution in [0.15, 0.2) is 53.1 Å². The summed E-state index contributed by atoms with van der Waals surface area (Å²) in [5, 5.41) is 6.39. The fraction of sp³-hybridized carbons (Fsp3) is 0.370. The molecule has 0 radical (unpaired) electrons. The molecule has 1 aliphatic heterocycles. The number of carbonyl (C=O) groups excluding carboxylic acids is 1. The van der Waals surface area contributed by atoms with Crippen LogP contribution in [0.5, 0.6) is 17.2 Å². The summed E-state index contributed by atoms with van der Waals surface area (Å²) in [4.78, 5) is 24.3. The number of amides is 1. The third-order valence-corrected chi connectivity index (χ3v) is 6.94. The predicted octanol–water partition coefficient (Wildman–Crippen LogP) is 5.10. The molecule has 1 saturated heterocycles. The van der Waals surface area contributed by atoms with Crippen LogP contribution in [0.4, 0.5) is 17.5 Å². The molecule has 2 N–H and O–H groups in total. The maximum absolute atomic E-state index is 13.1. The number of anilines is 3. The van der Waals surface area contributed by atoms with Crippen LogP contribution in [0.2, 0.25) is 0 Å². The Morgan fingerprint density at radius 1 is 1.08 bits per heavy atom. The Bertz CT molecular complexity index is 1200. The van der Waals surface area contributed by atoms with Gasteiger partial charge in [-0.25, -0.2) is 4.98 Å². The molecule has 0 bridgehead atoms. The van der Waals surface area contributed by atoms with Crippen LogP contribution >= 0.6 is 15.9 Å². The second-order valence-corrected chi connectivity index (χ2v) is 9.76. The number of hydrogen-bond acceptors (Lipinski definition) is 8. The van der Waals surface area contributed by atoms with Crippen molar-refractivity contribution in [2.75, 3.05) is 44.6 Å². The van der Waals surface area contributed by atoms with Gasteiger partial charge < -0.3 is 29.7 Å². The normalized spacial score (nSPS) is 16.0. The minimum absolute atomic E-state index is 0.0601. The molecule has 1 amide bonds. The summed E-state index contributed by atoms with van der Waals surface area (Å²) < 4.78 is 17.3. The number of nitrogens with one attached hydrogen (secondary N) is 2. The molecule has 10 heteroatoms. The second-order valence-electron chi connectivity index (χ2n) is 8.84. The minimum atomic E-state index is -0.117. The lowest BCUT2D eigenvalue weighted by molar-refractivity contribution is -0.125. The van der Waals surface area contributed by atoms with Gasteiger partial charge in [0.05, 0.1) is 33.3 Å². The monoisotopic (exact) mass is 569 g/mol. The smallest absolute Gasteiger partial charge is 0.229 e. The summed E-state index contributed by atoms with van der Waals surface area (Å²) in [6.07, 6.45) is 3.46. The summed E-state index contributed by atoms with van der Waals surface area (Å²) in [5.74, 6) is 2.71. The van der Waals surface area contributed by atoms with Crippen LogP contribution in [0.25, 0.3) is 0 Å². The largest absolute Gasteiger partial charge is 0.493 e. The van der Waals surface area contributed by atoms with Crippen LogP contribution in [0, 0.1) is 5.92 Å². The standard InChI is InChI=1S/C27H32BrN5O4/c1-17(18-7-9-20(28)10-8-18)30-26(34)19-6-5-13-33(16-19)24-11-12-29-27(32-24)31-21-14-22(35-2)25(37-4)23(15-21)36-3/h7-12,14-15,17,19H,5-6,13,16H2,1-4H3,(H,30,34)(H,29,31,32). The Hall–Kier alpha value is -3.53. The van der Waals surface area contributed by atoms with Crippen molar-refractivity contribution >= 4 is 39.3 Å². The molecule has 1 aliphatic rings. The van der Waals surface area contributed by atoms with E-state index in [0.717, 1.165) is 35.2 Å². The average molecular weight is 570 g/mol. The zero-order valence-corrected chi connectivity index (χ0v) is 23.0. The first kappa shape index (κ1) is 26.5. The van der Waals surface area contributed by atoms with Gasteiger partial charge in [0, 0.05) is 41.6 Å². The van der Waals surface area contributed by atoms with E-state index < -0.39 is 0 Å². The van der Waals surface area contributed by atoms with Crippen molar-refractivity contribution in [1.82, 2.24) is 15.3 Å². The minimum Gasteiger partial charge on any atom is -0.493 e. The van der Waals surface area contributed by atoms with E-state index in [1.165, 1.54) is 0 Å². The van der Waals surface area contributed by atoms with Crippen LogP contribution in [-0.2, 0) is 4.79 Å². The highest BCUT2D eigenvalue weighted by molar-refractivity contribution is 9.10. The molecular weight excluding hydrogens is 538 g/mol. The third-order valence-electron chi connectivity index (χ3n) is 6.41. The Labute approximate surface area is 225 Å². The Morgan fingerprint density at radius 3 is 2.43 bits per heavy atom. The lowest BCUT2D eigenvalue weighted by Gasteiger charge is -2.33. The Balaban J connectivity index is 1.44. The lowest BCUT2D eigenvalue weighted by atomic mass is 9.96. The molecular formula is C27H32BrN5O4. The van der Waals surface area contributed by atoms with Crippen molar-refractivity contribution in [1.29, 1.82) is 0 Å². The zero-order valence-electron chi connectivity index (χ0n) is 21.5. The number of ether oxygens (including phenoxy) is 3. The van der Waals surface area contributed by atoms with E-state index in [2.05, 4.69) is 36.4 Å². The molecule has 2 atom stereocenters. The number of hydrogen-bond donors (Lipinski definition) is 2. The molecule has 2 unspecified atom stereocenters. The van der Waals surface area contributed by atoms with E-state index in [4.69, 9.17) is 19.2 Å². The van der Waals surface area contributed by atoms with Crippen LogP contribution in [0.1, 0.15) is 31.4 Å². The molecule has 4 rings (SSSR count). The third kappa shape index (κ3) is 6.43. The molecule has 2 aromatic carbocycles. The van der Waals surface area contributed by atoms with Crippen molar-refractivity contribution in [3.8, 4) is 17.2 Å². The first-order valence-electron chi connectivity index (χ1n) is 12.1. The van der Waals surface area contributed by atoms with Gasteiger partial charge in [0.1, 0.15) is 5.82 Å².